The maximum absolute atomic E-state index is 10.3. The monoisotopic (exact) mass is 346 g/mol. The zero-order valence-electron chi connectivity index (χ0n) is 14.2. The topological polar surface area (TPSA) is 45.6 Å². The molecular weight excluding hydrogens is 320 g/mol. The van der Waals surface area contributed by atoms with Crippen LogP contribution in [0.1, 0.15) is 36.3 Å². The highest BCUT2D eigenvalue weighted by molar-refractivity contribution is 7.09. The molecule has 0 amide bonds. The highest BCUT2D eigenvalue weighted by Crippen LogP contribution is 2.28. The summed E-state index contributed by atoms with van der Waals surface area (Å²) in [5.74, 6) is 1.33. The second-order valence-electron chi connectivity index (χ2n) is 6.43. The largest absolute Gasteiger partial charge is 0.491 e. The maximum atomic E-state index is 10.3. The van der Waals surface area contributed by atoms with Gasteiger partial charge in [-0.05, 0) is 43.5 Å². The van der Waals surface area contributed by atoms with E-state index < -0.39 is 6.10 Å². The molecule has 1 N–H and O–H groups in total. The van der Waals surface area contributed by atoms with Gasteiger partial charge in [0.05, 0.1) is 5.01 Å². The quantitative estimate of drug-likeness (QED) is 0.835. The van der Waals surface area contributed by atoms with Gasteiger partial charge >= 0.3 is 0 Å². The zero-order valence-corrected chi connectivity index (χ0v) is 15.0. The molecule has 5 heteroatoms. The summed E-state index contributed by atoms with van der Waals surface area (Å²) in [5, 5.41) is 13.6. The van der Waals surface area contributed by atoms with Gasteiger partial charge in [0.25, 0.3) is 0 Å². The Bertz CT molecular complexity index is 600. The van der Waals surface area contributed by atoms with E-state index in [-0.39, 0.29) is 0 Å². The van der Waals surface area contributed by atoms with Gasteiger partial charge in [0.15, 0.2) is 0 Å². The Balaban J connectivity index is 1.44. The van der Waals surface area contributed by atoms with E-state index in [4.69, 9.17) is 4.74 Å². The van der Waals surface area contributed by atoms with E-state index in [1.807, 2.05) is 23.7 Å². The van der Waals surface area contributed by atoms with Crippen LogP contribution in [0.2, 0.25) is 0 Å². The average Bonchev–Trinajstić information content (AvgIpc) is 3.15. The van der Waals surface area contributed by atoms with Gasteiger partial charge in [-0.15, -0.1) is 11.3 Å². The molecule has 2 atom stereocenters. The Hall–Kier alpha value is -1.43. The predicted octanol–water partition coefficient (Wildman–Crippen LogP) is 3.32. The van der Waals surface area contributed by atoms with Crippen LogP contribution in [0.5, 0.6) is 5.75 Å². The standard InChI is InChI=1S/C19H26N2O2S/c1-2-15-5-7-18(8-6-15)23-14-17(22)13-21-10-3-4-16(12-21)19-20-9-11-24-19/h5-9,11,16-17,22H,2-4,10,12-14H2,1H3. The first-order valence-corrected chi connectivity index (χ1v) is 9.64. The van der Waals surface area contributed by atoms with Crippen LogP contribution in [0, 0.1) is 0 Å². The fourth-order valence-electron chi connectivity index (χ4n) is 3.22. The number of ether oxygens (including phenoxy) is 1. The number of β-amino-alcohol motifs (C(OH)–C–C–N with tert-alkyl or cyclic N) is 1. The van der Waals surface area contributed by atoms with Gasteiger partial charge in [-0.3, -0.25) is 4.90 Å². The van der Waals surface area contributed by atoms with E-state index >= 15 is 0 Å². The van der Waals surface area contributed by atoms with E-state index in [1.165, 1.54) is 17.0 Å². The summed E-state index contributed by atoms with van der Waals surface area (Å²) < 4.78 is 5.72. The van der Waals surface area contributed by atoms with Crippen LogP contribution in [-0.2, 0) is 6.42 Å². The molecule has 1 aliphatic heterocycles. The van der Waals surface area contributed by atoms with Crippen molar-refractivity contribution in [3.8, 4) is 5.75 Å². The fraction of sp³-hybridized carbons (Fsp3) is 0.526. The van der Waals surface area contributed by atoms with Crippen molar-refractivity contribution < 1.29 is 9.84 Å². The van der Waals surface area contributed by atoms with Crippen molar-refractivity contribution in [1.29, 1.82) is 0 Å². The first-order chi connectivity index (χ1) is 11.7. The van der Waals surface area contributed by atoms with E-state index in [1.54, 1.807) is 11.3 Å². The van der Waals surface area contributed by atoms with Crippen LogP contribution < -0.4 is 4.74 Å². The van der Waals surface area contributed by atoms with Gasteiger partial charge < -0.3 is 9.84 Å². The second kappa shape index (κ2) is 8.60. The van der Waals surface area contributed by atoms with Gasteiger partial charge in [0.2, 0.25) is 0 Å². The number of rotatable bonds is 7. The number of hydrogen-bond donors (Lipinski definition) is 1. The lowest BCUT2D eigenvalue weighted by atomic mass is 9.98. The first-order valence-electron chi connectivity index (χ1n) is 8.76. The van der Waals surface area contributed by atoms with Crippen molar-refractivity contribution in [2.24, 2.45) is 0 Å². The van der Waals surface area contributed by atoms with E-state index in [9.17, 15) is 5.11 Å². The van der Waals surface area contributed by atoms with Gasteiger partial charge in [-0.2, -0.15) is 0 Å². The van der Waals surface area contributed by atoms with E-state index in [2.05, 4.69) is 28.9 Å². The molecule has 1 aromatic heterocycles. The van der Waals surface area contributed by atoms with Crippen LogP contribution in [0.4, 0.5) is 0 Å². The van der Waals surface area contributed by atoms with Crippen LogP contribution in [0.25, 0.3) is 0 Å². The van der Waals surface area contributed by atoms with Crippen molar-refractivity contribution >= 4 is 11.3 Å². The van der Waals surface area contributed by atoms with Crippen LogP contribution in [-0.4, -0.2) is 47.3 Å². The number of aryl methyl sites for hydroxylation is 1. The molecule has 1 aliphatic rings. The number of aliphatic hydroxyl groups is 1. The smallest absolute Gasteiger partial charge is 0.119 e. The Morgan fingerprint density at radius 2 is 2.21 bits per heavy atom. The number of aromatic nitrogens is 1. The lowest BCUT2D eigenvalue weighted by Crippen LogP contribution is -2.41. The van der Waals surface area contributed by atoms with Crippen molar-refractivity contribution in [1.82, 2.24) is 9.88 Å². The van der Waals surface area contributed by atoms with E-state index in [0.717, 1.165) is 31.7 Å². The molecule has 1 saturated heterocycles. The van der Waals surface area contributed by atoms with Gasteiger partial charge in [0, 0.05) is 30.6 Å². The molecular formula is C19H26N2O2S. The Morgan fingerprint density at radius 1 is 1.38 bits per heavy atom. The summed E-state index contributed by atoms with van der Waals surface area (Å²) >= 11 is 1.74. The number of nitrogens with zero attached hydrogens (tertiary/aromatic N) is 2. The van der Waals surface area contributed by atoms with E-state index in [0.29, 0.717) is 19.1 Å². The van der Waals surface area contributed by atoms with Crippen molar-refractivity contribution in [3.05, 3.63) is 46.4 Å². The molecule has 4 nitrogen and oxygen atoms in total. The number of piperidine rings is 1. The predicted molar refractivity (Wildman–Crippen MR) is 97.9 cm³/mol. The molecule has 130 valence electrons. The molecule has 0 aliphatic carbocycles. The summed E-state index contributed by atoms with van der Waals surface area (Å²) in [6, 6.07) is 8.10. The summed E-state index contributed by atoms with van der Waals surface area (Å²) in [4.78, 5) is 6.79. The molecule has 2 heterocycles. The highest BCUT2D eigenvalue weighted by atomic mass is 32.1. The van der Waals surface area contributed by atoms with Crippen molar-refractivity contribution in [2.45, 2.75) is 38.2 Å². The lowest BCUT2D eigenvalue weighted by Gasteiger charge is -2.33. The van der Waals surface area contributed by atoms with Crippen molar-refractivity contribution in [3.63, 3.8) is 0 Å². The third kappa shape index (κ3) is 4.79. The molecule has 0 bridgehead atoms. The first kappa shape index (κ1) is 17.4. The van der Waals surface area contributed by atoms with Crippen LogP contribution in [0.3, 0.4) is 0 Å². The Morgan fingerprint density at radius 3 is 2.92 bits per heavy atom. The number of hydrogen-bond acceptors (Lipinski definition) is 5. The molecule has 24 heavy (non-hydrogen) atoms. The number of likely N-dealkylation sites (tertiary alicyclic amines) is 1. The third-order valence-electron chi connectivity index (χ3n) is 4.55. The highest BCUT2D eigenvalue weighted by Gasteiger charge is 2.24. The maximum Gasteiger partial charge on any atom is 0.119 e. The molecule has 0 radical (unpaired) electrons. The molecule has 0 spiro atoms. The second-order valence-corrected chi connectivity index (χ2v) is 7.36. The van der Waals surface area contributed by atoms with Gasteiger partial charge in [0.1, 0.15) is 18.5 Å². The minimum absolute atomic E-state index is 0.337. The Labute approximate surface area is 148 Å². The number of thiazole rings is 1. The lowest BCUT2D eigenvalue weighted by molar-refractivity contribution is 0.0583. The molecule has 3 rings (SSSR count). The summed E-state index contributed by atoms with van der Waals surface area (Å²) in [6.07, 6.45) is 4.80. The number of aliphatic hydroxyl groups excluding tert-OH is 1. The van der Waals surface area contributed by atoms with Crippen molar-refractivity contribution in [2.75, 3.05) is 26.2 Å². The Kier molecular flexibility index (Phi) is 6.24. The SMILES string of the molecule is CCc1ccc(OCC(O)CN2CCCC(c3nccs3)C2)cc1. The molecule has 1 aromatic carbocycles. The summed E-state index contributed by atoms with van der Waals surface area (Å²) in [6.45, 7) is 5.16. The summed E-state index contributed by atoms with van der Waals surface area (Å²) in [7, 11) is 0. The van der Waals surface area contributed by atoms with Crippen LogP contribution in [0.15, 0.2) is 35.8 Å². The normalized spacial score (nSPS) is 20.0. The average molecular weight is 346 g/mol. The van der Waals surface area contributed by atoms with Crippen LogP contribution >= 0.6 is 11.3 Å². The summed E-state index contributed by atoms with van der Waals surface area (Å²) in [5.41, 5.74) is 1.30. The minimum atomic E-state index is -0.467. The van der Waals surface area contributed by atoms with Gasteiger partial charge in [-0.25, -0.2) is 4.98 Å². The number of benzene rings is 1. The van der Waals surface area contributed by atoms with Gasteiger partial charge in [-0.1, -0.05) is 19.1 Å². The minimum Gasteiger partial charge on any atom is -0.491 e. The fourth-order valence-corrected chi connectivity index (χ4v) is 3.99. The zero-order chi connectivity index (χ0) is 16.8. The molecule has 1 fully saturated rings. The molecule has 2 unspecified atom stereocenters. The molecule has 2 aromatic rings. The third-order valence-corrected chi connectivity index (χ3v) is 5.49. The molecule has 0 saturated carbocycles.